The minimum absolute atomic E-state index is 0.282. The number of nitrogens with two attached hydrogens (primary N) is 1. The van der Waals surface area contributed by atoms with Crippen molar-refractivity contribution < 1.29 is 0 Å². The minimum Gasteiger partial charge on any atom is -0.329 e. The van der Waals surface area contributed by atoms with Gasteiger partial charge in [0.2, 0.25) is 0 Å². The zero-order chi connectivity index (χ0) is 12.8. The summed E-state index contributed by atoms with van der Waals surface area (Å²) in [5.41, 5.74) is 5.90. The average Bonchev–Trinajstić information content (AvgIpc) is 2.73. The molecule has 0 aliphatic heterocycles. The molecule has 0 amide bonds. The maximum Gasteiger partial charge on any atom is 0.0564 e. The van der Waals surface area contributed by atoms with Crippen LogP contribution < -0.4 is 5.73 Å². The van der Waals surface area contributed by atoms with Gasteiger partial charge in [-0.2, -0.15) is 11.8 Å². The van der Waals surface area contributed by atoms with Gasteiger partial charge in [-0.05, 0) is 38.5 Å². The van der Waals surface area contributed by atoms with Gasteiger partial charge in [-0.1, -0.05) is 11.6 Å². The van der Waals surface area contributed by atoms with Crippen molar-refractivity contribution >= 4 is 34.7 Å². The molecule has 0 radical (unpaired) electrons. The monoisotopic (exact) mass is 292 g/mol. The first-order valence-electron chi connectivity index (χ1n) is 5.75. The standard InChI is InChI=1S/C12H21ClN2S2/c1-9(4-5-16-3)15(2)11(7-14)12-6-10(13)8-17-12/h6,8-9,11H,4-5,7,14H2,1-3H3. The minimum atomic E-state index is 0.282. The predicted octanol–water partition coefficient (Wildman–Crippen LogP) is 3.47. The number of hydrogen-bond acceptors (Lipinski definition) is 4. The van der Waals surface area contributed by atoms with Crippen LogP contribution in [0.3, 0.4) is 0 Å². The highest BCUT2D eigenvalue weighted by Gasteiger charge is 2.21. The van der Waals surface area contributed by atoms with Crippen molar-refractivity contribution in [2.75, 3.05) is 25.6 Å². The van der Waals surface area contributed by atoms with Crippen LogP contribution in [0.4, 0.5) is 0 Å². The van der Waals surface area contributed by atoms with Gasteiger partial charge in [0.05, 0.1) is 11.1 Å². The third-order valence-corrected chi connectivity index (χ3v) is 5.09. The maximum absolute atomic E-state index is 5.98. The van der Waals surface area contributed by atoms with Crippen molar-refractivity contribution in [2.45, 2.75) is 25.4 Å². The maximum atomic E-state index is 5.98. The zero-order valence-corrected chi connectivity index (χ0v) is 13.0. The third kappa shape index (κ3) is 4.45. The van der Waals surface area contributed by atoms with Gasteiger partial charge in [0.15, 0.2) is 0 Å². The van der Waals surface area contributed by atoms with E-state index in [0.717, 1.165) is 5.02 Å². The summed E-state index contributed by atoms with van der Waals surface area (Å²) in [6.07, 6.45) is 3.33. The Kier molecular flexibility index (Phi) is 6.89. The van der Waals surface area contributed by atoms with Crippen LogP contribution in [0.25, 0.3) is 0 Å². The fraction of sp³-hybridized carbons (Fsp3) is 0.667. The van der Waals surface area contributed by atoms with Crippen LogP contribution in [0.1, 0.15) is 24.3 Å². The summed E-state index contributed by atoms with van der Waals surface area (Å²) in [5, 5.41) is 2.79. The molecule has 2 atom stereocenters. The van der Waals surface area contributed by atoms with E-state index in [0.29, 0.717) is 12.6 Å². The number of nitrogens with zero attached hydrogens (tertiary/aromatic N) is 1. The van der Waals surface area contributed by atoms with Crippen molar-refractivity contribution in [3.63, 3.8) is 0 Å². The van der Waals surface area contributed by atoms with E-state index in [9.17, 15) is 0 Å². The molecule has 1 aromatic heterocycles. The first-order valence-corrected chi connectivity index (χ1v) is 8.40. The molecular weight excluding hydrogens is 272 g/mol. The molecule has 0 aliphatic rings. The Morgan fingerprint density at radius 2 is 2.29 bits per heavy atom. The second kappa shape index (κ2) is 7.64. The summed E-state index contributed by atoms with van der Waals surface area (Å²) in [7, 11) is 2.15. The summed E-state index contributed by atoms with van der Waals surface area (Å²) < 4.78 is 0. The van der Waals surface area contributed by atoms with Crippen LogP contribution in [0.5, 0.6) is 0 Å². The van der Waals surface area contributed by atoms with Crippen LogP contribution in [0, 0.1) is 0 Å². The lowest BCUT2D eigenvalue weighted by atomic mass is 10.1. The van der Waals surface area contributed by atoms with Gasteiger partial charge in [0.1, 0.15) is 0 Å². The molecule has 1 rings (SSSR count). The van der Waals surface area contributed by atoms with E-state index >= 15 is 0 Å². The van der Waals surface area contributed by atoms with E-state index in [1.807, 2.05) is 23.2 Å². The van der Waals surface area contributed by atoms with Crippen molar-refractivity contribution in [1.82, 2.24) is 4.90 Å². The lowest BCUT2D eigenvalue weighted by Gasteiger charge is -2.31. The molecule has 0 saturated heterocycles. The lowest BCUT2D eigenvalue weighted by Crippen LogP contribution is -2.37. The van der Waals surface area contributed by atoms with Gasteiger partial charge in [0, 0.05) is 22.8 Å². The van der Waals surface area contributed by atoms with Gasteiger partial charge in [0.25, 0.3) is 0 Å². The normalized spacial score (nSPS) is 15.2. The van der Waals surface area contributed by atoms with Crippen LogP contribution in [0.15, 0.2) is 11.4 Å². The number of rotatable bonds is 7. The molecule has 0 spiro atoms. The molecule has 0 aliphatic carbocycles. The molecule has 2 unspecified atom stereocenters. The fourth-order valence-electron chi connectivity index (χ4n) is 1.79. The van der Waals surface area contributed by atoms with E-state index in [4.69, 9.17) is 17.3 Å². The van der Waals surface area contributed by atoms with Gasteiger partial charge in [-0.25, -0.2) is 0 Å². The van der Waals surface area contributed by atoms with Gasteiger partial charge in [-0.3, -0.25) is 4.90 Å². The molecule has 17 heavy (non-hydrogen) atoms. The molecule has 1 heterocycles. The molecule has 1 aromatic rings. The molecule has 0 fully saturated rings. The highest BCUT2D eigenvalue weighted by molar-refractivity contribution is 7.98. The van der Waals surface area contributed by atoms with E-state index in [1.54, 1.807) is 11.3 Å². The Hall–Kier alpha value is 0.260. The van der Waals surface area contributed by atoms with Crippen molar-refractivity contribution in [3.05, 3.63) is 21.3 Å². The average molecular weight is 293 g/mol. The summed E-state index contributed by atoms with van der Waals surface area (Å²) >= 11 is 9.56. The number of hydrogen-bond donors (Lipinski definition) is 1. The SMILES string of the molecule is CSCCC(C)N(C)C(CN)c1cc(Cl)cs1. The predicted molar refractivity (Wildman–Crippen MR) is 81.3 cm³/mol. The first kappa shape index (κ1) is 15.3. The summed E-state index contributed by atoms with van der Waals surface area (Å²) in [6, 6.07) is 2.85. The number of thioether (sulfide) groups is 1. The molecule has 2 N–H and O–H groups in total. The topological polar surface area (TPSA) is 29.3 Å². The van der Waals surface area contributed by atoms with Crippen molar-refractivity contribution in [3.8, 4) is 0 Å². The first-order chi connectivity index (χ1) is 8.10. The Morgan fingerprint density at radius 1 is 1.59 bits per heavy atom. The molecule has 5 heteroatoms. The molecular formula is C12H21ClN2S2. The summed E-state index contributed by atoms with van der Waals surface area (Å²) in [4.78, 5) is 3.62. The highest BCUT2D eigenvalue weighted by atomic mass is 35.5. The molecule has 2 nitrogen and oxygen atoms in total. The van der Waals surface area contributed by atoms with Crippen LogP contribution in [-0.4, -0.2) is 36.5 Å². The van der Waals surface area contributed by atoms with Gasteiger partial charge < -0.3 is 5.73 Å². The smallest absolute Gasteiger partial charge is 0.0564 e. The number of likely N-dealkylation sites (N-methyl/N-ethyl adjacent to an activating group) is 1. The second-order valence-electron chi connectivity index (χ2n) is 4.21. The Morgan fingerprint density at radius 3 is 2.76 bits per heavy atom. The number of halogens is 1. The molecule has 0 bridgehead atoms. The van der Waals surface area contributed by atoms with Crippen molar-refractivity contribution in [1.29, 1.82) is 0 Å². The molecule has 98 valence electrons. The van der Waals surface area contributed by atoms with E-state index < -0.39 is 0 Å². The Balaban J connectivity index is 2.66. The highest BCUT2D eigenvalue weighted by Crippen LogP contribution is 2.29. The molecule has 0 saturated carbocycles. The van der Waals surface area contributed by atoms with E-state index in [2.05, 4.69) is 25.1 Å². The van der Waals surface area contributed by atoms with Gasteiger partial charge in [-0.15, -0.1) is 11.3 Å². The van der Waals surface area contributed by atoms with Crippen LogP contribution >= 0.6 is 34.7 Å². The summed E-state index contributed by atoms with van der Waals surface area (Å²) in [6.45, 7) is 2.89. The quantitative estimate of drug-likeness (QED) is 0.834. The molecule has 0 aromatic carbocycles. The Labute approximate surface area is 118 Å². The summed E-state index contributed by atoms with van der Waals surface area (Å²) in [5.74, 6) is 1.19. The second-order valence-corrected chi connectivity index (χ2v) is 6.58. The van der Waals surface area contributed by atoms with E-state index in [-0.39, 0.29) is 6.04 Å². The number of thiophene rings is 1. The van der Waals surface area contributed by atoms with E-state index in [1.165, 1.54) is 17.1 Å². The van der Waals surface area contributed by atoms with Gasteiger partial charge >= 0.3 is 0 Å². The van der Waals surface area contributed by atoms with Crippen LogP contribution in [-0.2, 0) is 0 Å². The fourth-order valence-corrected chi connectivity index (χ4v) is 3.61. The lowest BCUT2D eigenvalue weighted by molar-refractivity contribution is 0.188. The van der Waals surface area contributed by atoms with Crippen LogP contribution in [0.2, 0.25) is 5.02 Å². The zero-order valence-electron chi connectivity index (χ0n) is 10.6. The van der Waals surface area contributed by atoms with Crippen molar-refractivity contribution in [2.24, 2.45) is 5.73 Å². The third-order valence-electron chi connectivity index (χ3n) is 3.07. The largest absolute Gasteiger partial charge is 0.329 e. The Bertz CT molecular complexity index is 330.